The molecule has 0 bridgehead atoms. The van der Waals surface area contributed by atoms with Crippen LogP contribution < -0.4 is 14.4 Å². The van der Waals surface area contributed by atoms with Gasteiger partial charge in [0.2, 0.25) is 11.8 Å². The number of likely N-dealkylation sites (N-methyl/N-ethyl adjacent to an activating group) is 1. The molecule has 4 aromatic rings. The van der Waals surface area contributed by atoms with Crippen molar-refractivity contribution >= 4 is 27.5 Å². The largest absolute Gasteiger partial charge is 0.492 e. The molecule has 2 amide bonds. The normalized spacial score (nSPS) is 11.8. The number of aryl methyl sites for hydroxylation is 2. The summed E-state index contributed by atoms with van der Waals surface area (Å²) < 4.78 is 35.5. The number of nitrogens with one attached hydrogen (secondary N) is 1. The van der Waals surface area contributed by atoms with E-state index in [-0.39, 0.29) is 29.5 Å². The van der Waals surface area contributed by atoms with Gasteiger partial charge in [0.25, 0.3) is 10.0 Å². The lowest BCUT2D eigenvalue weighted by molar-refractivity contribution is -0.140. The van der Waals surface area contributed by atoms with Crippen molar-refractivity contribution in [3.05, 3.63) is 125 Å². The van der Waals surface area contributed by atoms with Crippen molar-refractivity contribution in [3.8, 4) is 5.75 Å². The Balaban J connectivity index is 1.82. The number of rotatable bonds is 14. The van der Waals surface area contributed by atoms with Gasteiger partial charge in [0.1, 0.15) is 18.3 Å². The van der Waals surface area contributed by atoms with Gasteiger partial charge >= 0.3 is 0 Å². The van der Waals surface area contributed by atoms with Crippen LogP contribution in [0.5, 0.6) is 5.75 Å². The molecule has 0 heterocycles. The van der Waals surface area contributed by atoms with E-state index in [1.54, 1.807) is 36.4 Å². The molecule has 0 aliphatic carbocycles. The van der Waals surface area contributed by atoms with Crippen LogP contribution in [-0.4, -0.2) is 50.9 Å². The quantitative estimate of drug-likeness (QED) is 0.194. The van der Waals surface area contributed by atoms with Gasteiger partial charge in [-0.25, -0.2) is 8.42 Å². The maximum Gasteiger partial charge on any atom is 0.264 e. The molecule has 0 aliphatic heterocycles. The fourth-order valence-corrected chi connectivity index (χ4v) is 6.45. The summed E-state index contributed by atoms with van der Waals surface area (Å²) in [6.07, 6.45) is 0.254. The summed E-state index contributed by atoms with van der Waals surface area (Å²) in [5.41, 5.74) is 3.90. The minimum atomic E-state index is -4.23. The Morgan fingerprint density at radius 2 is 1.38 bits per heavy atom. The fourth-order valence-electron chi connectivity index (χ4n) is 5.03. The highest BCUT2D eigenvalue weighted by Crippen LogP contribution is 2.33. The first-order valence-electron chi connectivity index (χ1n) is 15.1. The van der Waals surface area contributed by atoms with E-state index in [9.17, 15) is 18.0 Å². The molecule has 9 heteroatoms. The Morgan fingerprint density at radius 3 is 2.00 bits per heavy atom. The minimum Gasteiger partial charge on any atom is -0.492 e. The van der Waals surface area contributed by atoms with Crippen LogP contribution in [0.15, 0.2) is 108 Å². The number of benzene rings is 4. The fraction of sp³-hybridized carbons (Fsp3) is 0.278. The highest BCUT2D eigenvalue weighted by Gasteiger charge is 2.35. The van der Waals surface area contributed by atoms with Crippen molar-refractivity contribution in [2.45, 2.75) is 51.6 Å². The summed E-state index contributed by atoms with van der Waals surface area (Å²) in [6.45, 7) is 7.74. The van der Waals surface area contributed by atoms with E-state index in [1.165, 1.54) is 17.0 Å². The number of para-hydroxylation sites is 2. The Hall–Kier alpha value is -4.63. The molecule has 236 valence electrons. The van der Waals surface area contributed by atoms with E-state index in [0.717, 1.165) is 26.6 Å². The van der Waals surface area contributed by atoms with Crippen LogP contribution in [0.4, 0.5) is 5.69 Å². The first kappa shape index (κ1) is 33.3. The lowest BCUT2D eigenvalue weighted by atomic mass is 10.0. The van der Waals surface area contributed by atoms with Gasteiger partial charge in [-0.3, -0.25) is 13.9 Å². The molecule has 1 atom stereocenters. The molecule has 45 heavy (non-hydrogen) atoms. The predicted molar refractivity (Wildman–Crippen MR) is 178 cm³/mol. The molecular formula is C36H41N3O5S. The van der Waals surface area contributed by atoms with E-state index in [1.807, 2.05) is 82.3 Å². The van der Waals surface area contributed by atoms with Gasteiger partial charge in [0.05, 0.1) is 17.2 Å². The number of amides is 2. The van der Waals surface area contributed by atoms with Crippen LogP contribution in [0.3, 0.4) is 0 Å². The van der Waals surface area contributed by atoms with Crippen LogP contribution in [-0.2, 0) is 32.6 Å². The van der Waals surface area contributed by atoms with Crippen molar-refractivity contribution in [2.24, 2.45) is 0 Å². The van der Waals surface area contributed by atoms with Crippen molar-refractivity contribution in [1.82, 2.24) is 10.2 Å². The second-order valence-corrected chi connectivity index (χ2v) is 12.7. The molecule has 0 saturated carbocycles. The van der Waals surface area contributed by atoms with Gasteiger partial charge in [-0.1, -0.05) is 90.0 Å². The summed E-state index contributed by atoms with van der Waals surface area (Å²) >= 11 is 0. The predicted octanol–water partition coefficient (Wildman–Crippen LogP) is 5.67. The minimum absolute atomic E-state index is 0.0434. The van der Waals surface area contributed by atoms with Gasteiger partial charge in [-0.2, -0.15) is 0 Å². The van der Waals surface area contributed by atoms with E-state index < -0.39 is 28.5 Å². The number of carbonyl (C=O) groups is 2. The molecular weight excluding hydrogens is 586 g/mol. The number of sulfonamides is 1. The van der Waals surface area contributed by atoms with Crippen LogP contribution in [0.2, 0.25) is 0 Å². The highest BCUT2D eigenvalue weighted by atomic mass is 32.2. The first-order chi connectivity index (χ1) is 21.6. The zero-order valence-electron chi connectivity index (χ0n) is 26.3. The molecule has 1 N–H and O–H groups in total. The van der Waals surface area contributed by atoms with Gasteiger partial charge in [-0.05, 0) is 63.1 Å². The Labute approximate surface area is 266 Å². The molecule has 0 aromatic heterocycles. The van der Waals surface area contributed by atoms with E-state index in [0.29, 0.717) is 18.9 Å². The molecule has 4 aromatic carbocycles. The summed E-state index contributed by atoms with van der Waals surface area (Å²) in [5, 5.41) is 2.88. The van der Waals surface area contributed by atoms with Gasteiger partial charge in [-0.15, -0.1) is 0 Å². The second-order valence-electron chi connectivity index (χ2n) is 10.8. The number of hydrogen-bond acceptors (Lipinski definition) is 5. The molecule has 0 radical (unpaired) electrons. The van der Waals surface area contributed by atoms with Crippen molar-refractivity contribution in [2.75, 3.05) is 24.0 Å². The number of ether oxygens (including phenoxy) is 1. The zero-order chi connectivity index (χ0) is 32.4. The maximum absolute atomic E-state index is 14.5. The number of carbonyl (C=O) groups excluding carboxylic acids is 2. The Morgan fingerprint density at radius 1 is 0.778 bits per heavy atom. The smallest absolute Gasteiger partial charge is 0.264 e. The standard InChI is InChI=1S/C36H41N3O5S/c1-5-37-36(41)33(24-29-12-8-7-9-13-29)38(25-30-20-16-27(3)17-21-30)35(40)26-39(32-14-10-11-15-34(32)44-6-2)45(42,43)31-22-18-28(4)19-23-31/h7-23,33H,5-6,24-26H2,1-4H3,(H,37,41)/t33-/m0/s1. The van der Waals surface area contributed by atoms with Gasteiger partial charge in [0.15, 0.2) is 0 Å². The second kappa shape index (κ2) is 15.4. The van der Waals surface area contributed by atoms with Crippen LogP contribution >= 0.6 is 0 Å². The molecule has 0 unspecified atom stereocenters. The van der Waals surface area contributed by atoms with Gasteiger partial charge < -0.3 is 15.0 Å². The average Bonchev–Trinajstić information content (AvgIpc) is 3.03. The van der Waals surface area contributed by atoms with Crippen LogP contribution in [0.25, 0.3) is 0 Å². The van der Waals surface area contributed by atoms with Crippen LogP contribution in [0.1, 0.15) is 36.1 Å². The topological polar surface area (TPSA) is 96.0 Å². The Kier molecular flexibility index (Phi) is 11.4. The first-order valence-corrected chi connectivity index (χ1v) is 16.6. The number of anilines is 1. The lowest BCUT2D eigenvalue weighted by Crippen LogP contribution is -2.53. The van der Waals surface area contributed by atoms with E-state index >= 15 is 0 Å². The van der Waals surface area contributed by atoms with Gasteiger partial charge in [0, 0.05) is 19.5 Å². The molecule has 4 rings (SSSR count). The maximum atomic E-state index is 14.5. The molecule has 0 spiro atoms. The summed E-state index contributed by atoms with van der Waals surface area (Å²) in [7, 11) is -4.23. The van der Waals surface area contributed by atoms with Crippen molar-refractivity contribution in [1.29, 1.82) is 0 Å². The van der Waals surface area contributed by atoms with E-state index in [2.05, 4.69) is 5.32 Å². The third kappa shape index (κ3) is 8.51. The Bertz CT molecular complexity index is 1670. The molecule has 0 saturated heterocycles. The van der Waals surface area contributed by atoms with Crippen molar-refractivity contribution < 1.29 is 22.7 Å². The lowest BCUT2D eigenvalue weighted by Gasteiger charge is -2.34. The van der Waals surface area contributed by atoms with E-state index in [4.69, 9.17) is 4.74 Å². The zero-order valence-corrected chi connectivity index (χ0v) is 27.1. The number of hydrogen-bond donors (Lipinski definition) is 1. The molecule has 8 nitrogen and oxygen atoms in total. The third-order valence-electron chi connectivity index (χ3n) is 7.42. The van der Waals surface area contributed by atoms with Crippen molar-refractivity contribution in [3.63, 3.8) is 0 Å². The number of nitrogens with zero attached hydrogens (tertiary/aromatic N) is 2. The summed E-state index contributed by atoms with van der Waals surface area (Å²) in [6, 6.07) is 29.6. The molecule has 0 fully saturated rings. The SMILES string of the molecule is CCNC(=O)[C@H](Cc1ccccc1)N(Cc1ccc(C)cc1)C(=O)CN(c1ccccc1OCC)S(=O)(=O)c1ccc(C)cc1. The summed E-state index contributed by atoms with van der Waals surface area (Å²) in [5.74, 6) is -0.507. The molecule has 0 aliphatic rings. The average molecular weight is 628 g/mol. The third-order valence-corrected chi connectivity index (χ3v) is 9.19. The monoisotopic (exact) mass is 627 g/mol. The highest BCUT2D eigenvalue weighted by molar-refractivity contribution is 7.92. The van der Waals surface area contributed by atoms with Crippen LogP contribution in [0, 0.1) is 13.8 Å². The summed E-state index contributed by atoms with van der Waals surface area (Å²) in [4.78, 5) is 29.7.